The van der Waals surface area contributed by atoms with Crippen molar-refractivity contribution in [2.75, 3.05) is 0 Å². The summed E-state index contributed by atoms with van der Waals surface area (Å²) >= 11 is 0. The van der Waals surface area contributed by atoms with Crippen LogP contribution in [0.2, 0.25) is 0 Å². The number of benzene rings is 7. The predicted octanol–water partition coefficient (Wildman–Crippen LogP) is 10.3. The van der Waals surface area contributed by atoms with Crippen molar-refractivity contribution >= 4 is 65.4 Å². The van der Waals surface area contributed by atoms with Crippen molar-refractivity contribution in [2.24, 2.45) is 0 Å². The Kier molecular flexibility index (Phi) is 5.40. The molecule has 0 atom stereocenters. The van der Waals surface area contributed by atoms with Gasteiger partial charge in [-0.15, -0.1) is 0 Å². The van der Waals surface area contributed by atoms with Crippen molar-refractivity contribution in [1.82, 2.24) is 13.7 Å². The van der Waals surface area contributed by atoms with Crippen LogP contribution in [-0.4, -0.2) is 13.7 Å². The summed E-state index contributed by atoms with van der Waals surface area (Å²) in [6, 6.07) is 57.2. The van der Waals surface area contributed by atoms with Gasteiger partial charge in [0, 0.05) is 32.3 Å². The van der Waals surface area contributed by atoms with E-state index >= 15 is 0 Å². The number of para-hydroxylation sites is 6. The van der Waals surface area contributed by atoms with E-state index in [1.54, 1.807) is 0 Å². The summed E-state index contributed by atoms with van der Waals surface area (Å²) in [7, 11) is 0. The van der Waals surface area contributed by atoms with E-state index < -0.39 is 0 Å². The molecule has 0 aliphatic rings. The van der Waals surface area contributed by atoms with E-state index in [-0.39, 0.29) is 5.43 Å². The Balaban J connectivity index is 1.40. The molecule has 10 aromatic rings. The molecule has 0 saturated carbocycles. The third-order valence-corrected chi connectivity index (χ3v) is 9.60. The van der Waals surface area contributed by atoms with Crippen LogP contribution in [0.25, 0.3) is 82.5 Å². The lowest BCUT2D eigenvalue weighted by atomic mass is 10.1. The molecule has 0 unspecified atom stereocenters. The molecule has 0 N–H and O–H groups in total. The monoisotopic (exact) mass is 601 g/mol. The molecular formula is C43H27N3O. The van der Waals surface area contributed by atoms with Gasteiger partial charge in [0.05, 0.1) is 50.2 Å². The molecule has 0 radical (unpaired) electrons. The van der Waals surface area contributed by atoms with Crippen LogP contribution in [0, 0.1) is 0 Å². The summed E-state index contributed by atoms with van der Waals surface area (Å²) in [6.07, 6.45) is 0. The van der Waals surface area contributed by atoms with Gasteiger partial charge in [-0.25, -0.2) is 0 Å². The first-order chi connectivity index (χ1) is 23.3. The number of fused-ring (bicyclic) bond motifs is 8. The molecule has 47 heavy (non-hydrogen) atoms. The van der Waals surface area contributed by atoms with Crippen LogP contribution in [0.3, 0.4) is 0 Å². The van der Waals surface area contributed by atoms with Gasteiger partial charge >= 0.3 is 0 Å². The van der Waals surface area contributed by atoms with Crippen LogP contribution in [0.1, 0.15) is 0 Å². The van der Waals surface area contributed by atoms with Crippen LogP contribution in [0.5, 0.6) is 0 Å². The number of rotatable bonds is 3. The fraction of sp³-hybridized carbons (Fsp3) is 0. The normalized spacial score (nSPS) is 11.9. The minimum atomic E-state index is 0.0497. The first-order valence-corrected chi connectivity index (χ1v) is 15.9. The van der Waals surface area contributed by atoms with E-state index in [1.807, 2.05) is 36.4 Å². The molecule has 0 bridgehead atoms. The Morgan fingerprint density at radius 2 is 0.489 bits per heavy atom. The Bertz CT molecular complexity index is 2640. The van der Waals surface area contributed by atoms with Crippen molar-refractivity contribution in [3.8, 4) is 17.1 Å². The third kappa shape index (κ3) is 3.67. The fourth-order valence-electron chi connectivity index (χ4n) is 7.64. The summed E-state index contributed by atoms with van der Waals surface area (Å²) in [5.41, 5.74) is 9.46. The second-order valence-corrected chi connectivity index (χ2v) is 12.1. The third-order valence-electron chi connectivity index (χ3n) is 9.60. The molecular weight excluding hydrogens is 574 g/mol. The standard InChI is InChI=1S/C43H27N3O/c47-43-35-17-5-11-23-41(35)46(42-24-12-6-18-36(42)43)30-26-28(44-37-19-7-1-13-31(37)32-14-2-8-20-38(32)44)25-29(27-30)45-39-21-9-3-15-33(39)34-16-4-10-22-40(34)45/h1-27H. The van der Waals surface area contributed by atoms with Gasteiger partial charge in [-0.2, -0.15) is 0 Å². The lowest BCUT2D eigenvalue weighted by Crippen LogP contribution is -2.11. The zero-order chi connectivity index (χ0) is 31.1. The van der Waals surface area contributed by atoms with E-state index in [0.29, 0.717) is 10.8 Å². The average Bonchev–Trinajstić information content (AvgIpc) is 3.65. The Morgan fingerprint density at radius 1 is 0.277 bits per heavy atom. The highest BCUT2D eigenvalue weighted by atomic mass is 16.1. The van der Waals surface area contributed by atoms with Gasteiger partial charge < -0.3 is 13.7 Å². The maximum Gasteiger partial charge on any atom is 0.197 e. The van der Waals surface area contributed by atoms with E-state index in [9.17, 15) is 4.79 Å². The summed E-state index contributed by atoms with van der Waals surface area (Å²) in [5.74, 6) is 0. The Labute approximate surface area is 269 Å². The Morgan fingerprint density at radius 3 is 0.766 bits per heavy atom. The van der Waals surface area contributed by atoms with Gasteiger partial charge in [0.1, 0.15) is 0 Å². The van der Waals surface area contributed by atoms with Crippen molar-refractivity contribution in [1.29, 1.82) is 0 Å². The van der Waals surface area contributed by atoms with Crippen molar-refractivity contribution < 1.29 is 0 Å². The van der Waals surface area contributed by atoms with Crippen molar-refractivity contribution in [2.45, 2.75) is 0 Å². The maximum atomic E-state index is 13.7. The number of hydrogen-bond donors (Lipinski definition) is 0. The van der Waals surface area contributed by atoms with E-state index in [1.165, 1.54) is 21.5 Å². The highest BCUT2D eigenvalue weighted by molar-refractivity contribution is 6.10. The molecule has 220 valence electrons. The summed E-state index contributed by atoms with van der Waals surface area (Å²) in [4.78, 5) is 13.7. The summed E-state index contributed by atoms with van der Waals surface area (Å²) in [5, 5.41) is 6.26. The van der Waals surface area contributed by atoms with Gasteiger partial charge in [0.25, 0.3) is 0 Å². The van der Waals surface area contributed by atoms with Crippen LogP contribution < -0.4 is 5.43 Å². The molecule has 0 spiro atoms. The average molecular weight is 602 g/mol. The predicted molar refractivity (Wildman–Crippen MR) is 196 cm³/mol. The summed E-state index contributed by atoms with van der Waals surface area (Å²) in [6.45, 7) is 0. The molecule has 0 saturated heterocycles. The molecule has 4 heteroatoms. The largest absolute Gasteiger partial charge is 0.309 e. The van der Waals surface area contributed by atoms with Gasteiger partial charge in [-0.05, 0) is 66.7 Å². The lowest BCUT2D eigenvalue weighted by Gasteiger charge is -2.20. The van der Waals surface area contributed by atoms with E-state index in [2.05, 4.69) is 141 Å². The maximum absolute atomic E-state index is 13.7. The molecule has 4 nitrogen and oxygen atoms in total. The minimum Gasteiger partial charge on any atom is -0.309 e. The zero-order valence-corrected chi connectivity index (χ0v) is 25.3. The first-order valence-electron chi connectivity index (χ1n) is 15.9. The smallest absolute Gasteiger partial charge is 0.197 e. The number of pyridine rings is 1. The highest BCUT2D eigenvalue weighted by Crippen LogP contribution is 2.37. The SMILES string of the molecule is O=c1c2ccccc2n(-c2cc(-n3c4ccccc4c4ccccc43)cc(-n3c4ccccc4c4ccccc43)c2)c2ccccc12. The molecule has 0 amide bonds. The van der Waals surface area contributed by atoms with Gasteiger partial charge in [-0.1, -0.05) is 97.1 Å². The minimum absolute atomic E-state index is 0.0497. The number of nitrogens with zero attached hydrogens (tertiary/aromatic N) is 3. The lowest BCUT2D eigenvalue weighted by molar-refractivity contribution is 1.09. The van der Waals surface area contributed by atoms with E-state index in [4.69, 9.17) is 0 Å². The molecule has 0 aliphatic carbocycles. The molecule has 3 heterocycles. The topological polar surface area (TPSA) is 31.9 Å². The van der Waals surface area contributed by atoms with Gasteiger partial charge in [-0.3, -0.25) is 4.79 Å². The zero-order valence-electron chi connectivity index (χ0n) is 25.3. The molecule has 10 rings (SSSR count). The molecule has 3 aromatic heterocycles. The van der Waals surface area contributed by atoms with Crippen LogP contribution in [0.15, 0.2) is 169 Å². The molecule has 0 aliphatic heterocycles. The number of aromatic nitrogens is 3. The van der Waals surface area contributed by atoms with Gasteiger partial charge in [0.2, 0.25) is 0 Å². The van der Waals surface area contributed by atoms with Crippen LogP contribution in [0.4, 0.5) is 0 Å². The van der Waals surface area contributed by atoms with E-state index in [0.717, 1.165) is 50.2 Å². The quantitative estimate of drug-likeness (QED) is 0.185. The second kappa shape index (κ2) is 9.80. The fourth-order valence-corrected chi connectivity index (χ4v) is 7.64. The summed E-state index contributed by atoms with van der Waals surface area (Å²) < 4.78 is 7.00. The van der Waals surface area contributed by atoms with Crippen LogP contribution >= 0.6 is 0 Å². The molecule has 0 fully saturated rings. The number of hydrogen-bond acceptors (Lipinski definition) is 1. The highest BCUT2D eigenvalue weighted by Gasteiger charge is 2.19. The van der Waals surface area contributed by atoms with Crippen molar-refractivity contribution in [3.63, 3.8) is 0 Å². The molecule has 7 aromatic carbocycles. The van der Waals surface area contributed by atoms with Crippen molar-refractivity contribution in [3.05, 3.63) is 174 Å². The second-order valence-electron chi connectivity index (χ2n) is 12.1. The van der Waals surface area contributed by atoms with Gasteiger partial charge in [0.15, 0.2) is 5.43 Å². The van der Waals surface area contributed by atoms with Crippen LogP contribution in [-0.2, 0) is 0 Å². The first kappa shape index (κ1) is 25.9. The Hall–Kier alpha value is -6.39.